The lowest BCUT2D eigenvalue weighted by Gasteiger charge is -2.12. The fourth-order valence-corrected chi connectivity index (χ4v) is 3.37. The molecule has 158 valence electrons. The number of aromatic nitrogens is 1. The number of hydrogen-bond acceptors (Lipinski definition) is 6. The molecule has 1 heterocycles. The second kappa shape index (κ2) is 8.56. The Morgan fingerprint density at radius 2 is 1.83 bits per heavy atom. The lowest BCUT2D eigenvalue weighted by Crippen LogP contribution is -2.16. The summed E-state index contributed by atoms with van der Waals surface area (Å²) in [6, 6.07) is 4.54. The number of aryl methyl sites for hydroxylation is 1. The number of ether oxygens (including phenoxy) is 2. The van der Waals surface area contributed by atoms with Crippen molar-refractivity contribution < 1.29 is 27.5 Å². The van der Waals surface area contributed by atoms with E-state index in [1.54, 1.807) is 33.8 Å². The Morgan fingerprint density at radius 1 is 1.17 bits per heavy atom. The summed E-state index contributed by atoms with van der Waals surface area (Å²) in [5.41, 5.74) is 2.05. The number of rotatable bonds is 7. The van der Waals surface area contributed by atoms with Crippen molar-refractivity contribution in [3.05, 3.63) is 40.7 Å². The van der Waals surface area contributed by atoms with Crippen LogP contribution >= 0.6 is 0 Å². The van der Waals surface area contributed by atoms with Crippen molar-refractivity contribution in [3.8, 4) is 5.75 Å². The van der Waals surface area contributed by atoms with Crippen molar-refractivity contribution in [2.45, 2.75) is 33.8 Å². The molecule has 0 radical (unpaired) electrons. The van der Waals surface area contributed by atoms with Gasteiger partial charge in [0, 0.05) is 11.4 Å². The van der Waals surface area contributed by atoms with E-state index in [4.69, 9.17) is 9.47 Å². The van der Waals surface area contributed by atoms with Crippen LogP contribution in [0, 0.1) is 13.8 Å². The smallest absolute Gasteiger partial charge is 0.340 e. The maximum absolute atomic E-state index is 12.7. The van der Waals surface area contributed by atoms with E-state index in [-0.39, 0.29) is 17.5 Å². The number of esters is 1. The van der Waals surface area contributed by atoms with Crippen molar-refractivity contribution in [1.82, 2.24) is 4.98 Å². The molecule has 0 fully saturated rings. The van der Waals surface area contributed by atoms with E-state index in [9.17, 15) is 18.0 Å². The van der Waals surface area contributed by atoms with Gasteiger partial charge < -0.3 is 19.8 Å². The molecule has 0 bridgehead atoms. The highest BCUT2D eigenvalue weighted by atomic mass is 32.2. The van der Waals surface area contributed by atoms with Gasteiger partial charge in [0.15, 0.2) is 0 Å². The average Bonchev–Trinajstić information content (AvgIpc) is 2.87. The summed E-state index contributed by atoms with van der Waals surface area (Å²) in [5.74, 6) is -0.682. The molecular weight excluding hydrogens is 398 g/mol. The van der Waals surface area contributed by atoms with Gasteiger partial charge in [-0.1, -0.05) is 0 Å². The minimum atomic E-state index is -3.54. The number of carbonyl (C=O) groups is 2. The van der Waals surface area contributed by atoms with E-state index < -0.39 is 21.9 Å². The molecule has 2 aromatic rings. The molecule has 29 heavy (non-hydrogen) atoms. The number of amides is 1. The van der Waals surface area contributed by atoms with Gasteiger partial charge in [-0.05, 0) is 51.5 Å². The number of nitrogens with one attached hydrogen (secondary N) is 3. The van der Waals surface area contributed by atoms with Crippen LogP contribution in [0.5, 0.6) is 5.75 Å². The van der Waals surface area contributed by atoms with Crippen LogP contribution in [-0.2, 0) is 14.8 Å². The Hall–Kier alpha value is -3.01. The molecule has 0 saturated heterocycles. The third-order valence-electron chi connectivity index (χ3n) is 3.96. The molecular formula is C19H25N3O6S. The second-order valence-electron chi connectivity index (χ2n) is 6.82. The van der Waals surface area contributed by atoms with Gasteiger partial charge in [-0.15, -0.1) is 0 Å². The van der Waals surface area contributed by atoms with Crippen molar-refractivity contribution in [2.24, 2.45) is 0 Å². The van der Waals surface area contributed by atoms with E-state index in [0.29, 0.717) is 28.3 Å². The Morgan fingerprint density at radius 3 is 2.38 bits per heavy atom. The molecule has 3 N–H and O–H groups in total. The van der Waals surface area contributed by atoms with Crippen LogP contribution in [0.1, 0.15) is 46.0 Å². The van der Waals surface area contributed by atoms with E-state index in [0.717, 1.165) is 6.26 Å². The van der Waals surface area contributed by atoms with Crippen molar-refractivity contribution >= 4 is 33.3 Å². The first kappa shape index (κ1) is 22.3. The first-order chi connectivity index (χ1) is 13.4. The Kier molecular flexibility index (Phi) is 6.58. The number of methoxy groups -OCH3 is 1. The van der Waals surface area contributed by atoms with Gasteiger partial charge in [0.2, 0.25) is 10.0 Å². The predicted molar refractivity (Wildman–Crippen MR) is 110 cm³/mol. The molecule has 0 atom stereocenters. The molecule has 0 saturated carbocycles. The second-order valence-corrected chi connectivity index (χ2v) is 8.57. The van der Waals surface area contributed by atoms with Crippen LogP contribution in [-0.4, -0.2) is 44.7 Å². The summed E-state index contributed by atoms with van der Waals surface area (Å²) >= 11 is 0. The Bertz CT molecular complexity index is 1040. The molecule has 9 nitrogen and oxygen atoms in total. The first-order valence-corrected chi connectivity index (χ1v) is 10.7. The van der Waals surface area contributed by atoms with Crippen molar-refractivity contribution in [1.29, 1.82) is 0 Å². The zero-order valence-corrected chi connectivity index (χ0v) is 18.0. The van der Waals surface area contributed by atoms with Gasteiger partial charge in [-0.25, -0.2) is 13.2 Å². The molecule has 10 heteroatoms. The summed E-state index contributed by atoms with van der Waals surface area (Å²) < 4.78 is 35.8. The third-order valence-corrected chi connectivity index (χ3v) is 4.55. The third kappa shape index (κ3) is 5.50. The van der Waals surface area contributed by atoms with E-state index in [1.807, 2.05) is 0 Å². The number of anilines is 2. The van der Waals surface area contributed by atoms with Crippen LogP contribution in [0.4, 0.5) is 11.4 Å². The fraction of sp³-hybridized carbons (Fsp3) is 0.368. The SMILES string of the molecule is COc1ccc(NC(=O)c2[nH]c(C)c(C(=O)OC(C)C)c2C)cc1NS(C)(=O)=O. The average molecular weight is 423 g/mol. The zero-order valence-electron chi connectivity index (χ0n) is 17.2. The zero-order chi connectivity index (χ0) is 21.9. The van der Waals surface area contributed by atoms with Crippen LogP contribution < -0.4 is 14.8 Å². The minimum absolute atomic E-state index is 0.188. The molecule has 0 spiro atoms. The van der Waals surface area contributed by atoms with Crippen LogP contribution in [0.15, 0.2) is 18.2 Å². The predicted octanol–water partition coefficient (Wildman–Crippen LogP) is 2.83. The maximum atomic E-state index is 12.7. The molecule has 2 rings (SSSR count). The number of H-pyrrole nitrogens is 1. The monoisotopic (exact) mass is 423 g/mol. The highest BCUT2D eigenvalue weighted by molar-refractivity contribution is 7.92. The highest BCUT2D eigenvalue weighted by Gasteiger charge is 2.24. The van der Waals surface area contributed by atoms with Gasteiger partial charge in [0.05, 0.1) is 30.7 Å². The van der Waals surface area contributed by atoms with Crippen LogP contribution in [0.3, 0.4) is 0 Å². The number of aromatic amines is 1. The first-order valence-electron chi connectivity index (χ1n) is 8.80. The van der Waals surface area contributed by atoms with E-state index in [1.165, 1.54) is 19.2 Å². The van der Waals surface area contributed by atoms with Gasteiger partial charge in [-0.3, -0.25) is 9.52 Å². The summed E-state index contributed by atoms with van der Waals surface area (Å²) in [6.45, 7) is 6.82. The van der Waals surface area contributed by atoms with E-state index in [2.05, 4.69) is 15.0 Å². The molecule has 0 aliphatic heterocycles. The van der Waals surface area contributed by atoms with Gasteiger partial charge in [0.1, 0.15) is 11.4 Å². The molecule has 0 aliphatic rings. The molecule has 1 amide bonds. The summed E-state index contributed by atoms with van der Waals surface area (Å²) in [4.78, 5) is 27.9. The van der Waals surface area contributed by atoms with Crippen molar-refractivity contribution in [2.75, 3.05) is 23.4 Å². The van der Waals surface area contributed by atoms with Crippen LogP contribution in [0.25, 0.3) is 0 Å². The fourth-order valence-electron chi connectivity index (χ4n) is 2.82. The standard InChI is InChI=1S/C19H25N3O6S/c1-10(2)28-19(24)16-11(3)17(20-12(16)4)18(23)21-13-7-8-15(27-5)14(9-13)22-29(6,25)26/h7-10,20,22H,1-6H3,(H,21,23). The lowest BCUT2D eigenvalue weighted by molar-refractivity contribution is 0.0376. The van der Waals surface area contributed by atoms with Gasteiger partial charge in [-0.2, -0.15) is 0 Å². The van der Waals surface area contributed by atoms with Gasteiger partial charge >= 0.3 is 5.97 Å². The largest absolute Gasteiger partial charge is 0.495 e. The topological polar surface area (TPSA) is 127 Å². The molecule has 1 aromatic carbocycles. The summed E-state index contributed by atoms with van der Waals surface area (Å²) in [6.07, 6.45) is 0.731. The molecule has 0 aliphatic carbocycles. The molecule has 0 unspecified atom stereocenters. The summed E-state index contributed by atoms with van der Waals surface area (Å²) in [7, 11) is -2.13. The minimum Gasteiger partial charge on any atom is -0.495 e. The quantitative estimate of drug-likeness (QED) is 0.588. The summed E-state index contributed by atoms with van der Waals surface area (Å²) in [5, 5.41) is 2.68. The number of benzene rings is 1. The van der Waals surface area contributed by atoms with Gasteiger partial charge in [0.25, 0.3) is 5.91 Å². The lowest BCUT2D eigenvalue weighted by atomic mass is 10.1. The number of hydrogen-bond donors (Lipinski definition) is 3. The van der Waals surface area contributed by atoms with Crippen LogP contribution in [0.2, 0.25) is 0 Å². The molecule has 1 aromatic heterocycles. The Labute approximate surface area is 169 Å². The van der Waals surface area contributed by atoms with E-state index >= 15 is 0 Å². The van der Waals surface area contributed by atoms with Crippen molar-refractivity contribution in [3.63, 3.8) is 0 Å². The highest BCUT2D eigenvalue weighted by Crippen LogP contribution is 2.29. The maximum Gasteiger partial charge on any atom is 0.340 e. The Balaban J connectivity index is 2.31. The number of sulfonamides is 1. The normalized spacial score (nSPS) is 11.3. The number of carbonyl (C=O) groups excluding carboxylic acids is 2.